The van der Waals surface area contributed by atoms with E-state index in [9.17, 15) is 4.79 Å². The maximum Gasteiger partial charge on any atom is 0.227 e. The Morgan fingerprint density at radius 3 is 2.58 bits per heavy atom. The minimum absolute atomic E-state index is 0.121. The lowest BCUT2D eigenvalue weighted by molar-refractivity contribution is -0.127. The van der Waals surface area contributed by atoms with E-state index in [-0.39, 0.29) is 11.3 Å². The van der Waals surface area contributed by atoms with Crippen molar-refractivity contribution in [3.63, 3.8) is 0 Å². The van der Waals surface area contributed by atoms with Crippen LogP contribution in [0.2, 0.25) is 0 Å². The molecule has 0 aromatic heterocycles. The van der Waals surface area contributed by atoms with Crippen LogP contribution in [0.1, 0.15) is 20.3 Å². The van der Waals surface area contributed by atoms with Gasteiger partial charge >= 0.3 is 0 Å². The number of carbonyl (C=O) groups excluding carboxylic acids is 1. The molecule has 0 saturated carbocycles. The van der Waals surface area contributed by atoms with Crippen molar-refractivity contribution >= 4 is 27.5 Å². The first kappa shape index (κ1) is 10.3. The molecule has 0 bridgehead atoms. The first-order chi connectivity index (χ1) is 5.69. The van der Waals surface area contributed by atoms with Gasteiger partial charge in [-0.05, 0) is 13.3 Å². The van der Waals surface area contributed by atoms with Crippen LogP contribution in [0.3, 0.4) is 0 Å². The normalized spacial score (nSPS) is 20.8. The van der Waals surface area contributed by atoms with E-state index in [0.717, 1.165) is 24.5 Å². The van der Waals surface area contributed by atoms with E-state index in [0.29, 0.717) is 0 Å². The molecule has 0 spiro atoms. The Labute approximate surface area is 81.6 Å². The lowest BCUT2D eigenvalue weighted by Gasteiger charge is -2.20. The van der Waals surface area contributed by atoms with Gasteiger partial charge < -0.3 is 5.32 Å². The molecule has 1 rings (SSSR count). The molecule has 1 aliphatic rings. The van der Waals surface area contributed by atoms with E-state index in [1.165, 1.54) is 0 Å². The highest BCUT2D eigenvalue weighted by atomic mass is 33.1. The molecule has 4 heteroatoms. The summed E-state index contributed by atoms with van der Waals surface area (Å²) in [5.41, 5.74) is -0.121. The van der Waals surface area contributed by atoms with Crippen LogP contribution in [-0.2, 0) is 4.79 Å². The van der Waals surface area contributed by atoms with E-state index in [1.807, 2.05) is 6.92 Å². The summed E-state index contributed by atoms with van der Waals surface area (Å²) in [6, 6.07) is 0. The van der Waals surface area contributed by atoms with Gasteiger partial charge in [-0.1, -0.05) is 28.5 Å². The monoisotopic (exact) mass is 205 g/mol. The van der Waals surface area contributed by atoms with Gasteiger partial charge in [0, 0.05) is 18.1 Å². The van der Waals surface area contributed by atoms with Crippen LogP contribution >= 0.6 is 21.6 Å². The van der Waals surface area contributed by atoms with Crippen molar-refractivity contribution in [3.05, 3.63) is 0 Å². The smallest absolute Gasteiger partial charge is 0.227 e. The van der Waals surface area contributed by atoms with Gasteiger partial charge in [0.15, 0.2) is 0 Å². The zero-order chi connectivity index (χ0) is 9.03. The van der Waals surface area contributed by atoms with E-state index in [2.05, 4.69) is 12.2 Å². The Balaban J connectivity index is 2.39. The summed E-state index contributed by atoms with van der Waals surface area (Å²) >= 11 is 0. The molecule has 0 atom stereocenters. The lowest BCUT2D eigenvalue weighted by atomic mass is 9.95. The Kier molecular flexibility index (Phi) is 3.77. The highest BCUT2D eigenvalue weighted by molar-refractivity contribution is 8.77. The fourth-order valence-corrected chi connectivity index (χ4v) is 4.31. The molecular formula is C8H15NOS2. The Morgan fingerprint density at radius 2 is 2.08 bits per heavy atom. The van der Waals surface area contributed by atoms with E-state index in [4.69, 9.17) is 0 Å². The Morgan fingerprint density at radius 1 is 1.50 bits per heavy atom. The predicted octanol–water partition coefficient (Wildman–Crippen LogP) is 1.91. The molecule has 0 aromatic carbocycles. The van der Waals surface area contributed by atoms with Crippen molar-refractivity contribution in [2.75, 3.05) is 18.1 Å². The molecule has 1 heterocycles. The van der Waals surface area contributed by atoms with Crippen LogP contribution in [0.25, 0.3) is 0 Å². The summed E-state index contributed by atoms with van der Waals surface area (Å²) in [6.07, 6.45) is 1.02. The average Bonchev–Trinajstić information content (AvgIpc) is 2.49. The molecule has 0 radical (unpaired) electrons. The second-order valence-corrected chi connectivity index (χ2v) is 5.80. The first-order valence-corrected chi connectivity index (χ1v) is 6.70. The third-order valence-corrected chi connectivity index (χ3v) is 4.81. The molecular weight excluding hydrogens is 190 g/mol. The molecule has 1 saturated heterocycles. The minimum atomic E-state index is -0.121. The van der Waals surface area contributed by atoms with Crippen molar-refractivity contribution in [2.24, 2.45) is 5.41 Å². The van der Waals surface area contributed by atoms with Crippen molar-refractivity contribution in [3.8, 4) is 0 Å². The maximum absolute atomic E-state index is 11.6. The van der Waals surface area contributed by atoms with Crippen molar-refractivity contribution in [1.82, 2.24) is 5.32 Å². The molecule has 70 valence electrons. The molecule has 0 aromatic rings. The number of nitrogens with one attached hydrogen (secondary N) is 1. The lowest BCUT2D eigenvalue weighted by Crippen LogP contribution is -2.40. The summed E-state index contributed by atoms with van der Waals surface area (Å²) in [7, 11) is 3.60. The second-order valence-electron chi connectivity index (χ2n) is 3.34. The van der Waals surface area contributed by atoms with Crippen molar-refractivity contribution in [2.45, 2.75) is 20.3 Å². The fraction of sp³-hybridized carbons (Fsp3) is 0.875. The van der Waals surface area contributed by atoms with Crippen LogP contribution < -0.4 is 5.32 Å². The van der Waals surface area contributed by atoms with Crippen LogP contribution in [-0.4, -0.2) is 24.0 Å². The highest BCUT2D eigenvalue weighted by Crippen LogP contribution is 2.42. The minimum Gasteiger partial charge on any atom is -0.356 e. The number of carbonyl (C=O) groups is 1. The first-order valence-electron chi connectivity index (χ1n) is 4.22. The zero-order valence-corrected chi connectivity index (χ0v) is 9.19. The second kappa shape index (κ2) is 4.42. The van der Waals surface area contributed by atoms with Gasteiger partial charge in [-0.3, -0.25) is 4.79 Å². The van der Waals surface area contributed by atoms with Crippen LogP contribution in [0.4, 0.5) is 0 Å². The fourth-order valence-electron chi connectivity index (χ4n) is 0.968. The van der Waals surface area contributed by atoms with Gasteiger partial charge in [-0.25, -0.2) is 0 Å². The quantitative estimate of drug-likeness (QED) is 0.714. The van der Waals surface area contributed by atoms with E-state index >= 15 is 0 Å². The van der Waals surface area contributed by atoms with E-state index in [1.54, 1.807) is 21.6 Å². The summed E-state index contributed by atoms with van der Waals surface area (Å²) in [4.78, 5) is 11.6. The number of amides is 1. The summed E-state index contributed by atoms with van der Waals surface area (Å²) in [6.45, 7) is 4.93. The van der Waals surface area contributed by atoms with Gasteiger partial charge in [0.1, 0.15) is 0 Å². The largest absolute Gasteiger partial charge is 0.356 e. The molecule has 1 amide bonds. The third kappa shape index (κ3) is 2.33. The molecule has 0 aliphatic carbocycles. The molecule has 12 heavy (non-hydrogen) atoms. The molecule has 0 unspecified atom stereocenters. The average molecular weight is 205 g/mol. The van der Waals surface area contributed by atoms with Gasteiger partial charge in [0.25, 0.3) is 0 Å². The third-order valence-electron chi connectivity index (χ3n) is 1.92. The van der Waals surface area contributed by atoms with Gasteiger partial charge in [0.05, 0.1) is 5.41 Å². The van der Waals surface area contributed by atoms with Gasteiger partial charge in [-0.15, -0.1) is 0 Å². The molecule has 1 aliphatic heterocycles. The van der Waals surface area contributed by atoms with Crippen LogP contribution in [0, 0.1) is 5.41 Å². The van der Waals surface area contributed by atoms with Crippen molar-refractivity contribution < 1.29 is 4.79 Å². The standard InChI is InChI=1S/C8H15NOS2/c1-3-4-9-7(10)8(2)5-11-12-6-8/h3-6H2,1-2H3,(H,9,10). The Bertz CT molecular complexity index is 166. The van der Waals surface area contributed by atoms with E-state index < -0.39 is 0 Å². The van der Waals surface area contributed by atoms with Gasteiger partial charge in [-0.2, -0.15) is 0 Å². The topological polar surface area (TPSA) is 29.1 Å². The van der Waals surface area contributed by atoms with Crippen LogP contribution in [0.15, 0.2) is 0 Å². The van der Waals surface area contributed by atoms with Crippen molar-refractivity contribution in [1.29, 1.82) is 0 Å². The highest BCUT2D eigenvalue weighted by Gasteiger charge is 2.37. The number of hydrogen-bond donors (Lipinski definition) is 1. The summed E-state index contributed by atoms with van der Waals surface area (Å²) in [5, 5.41) is 2.95. The number of hydrogen-bond acceptors (Lipinski definition) is 3. The van der Waals surface area contributed by atoms with Crippen LogP contribution in [0.5, 0.6) is 0 Å². The SMILES string of the molecule is CCCNC(=O)C1(C)CSSC1. The predicted molar refractivity (Wildman–Crippen MR) is 56.3 cm³/mol. The molecule has 2 nitrogen and oxygen atoms in total. The Hall–Kier alpha value is 0.170. The molecule has 1 fully saturated rings. The maximum atomic E-state index is 11.6. The summed E-state index contributed by atoms with van der Waals surface area (Å²) in [5.74, 6) is 2.13. The zero-order valence-electron chi connectivity index (χ0n) is 7.55. The van der Waals surface area contributed by atoms with Gasteiger partial charge in [0.2, 0.25) is 5.91 Å². The number of rotatable bonds is 3. The summed E-state index contributed by atoms with van der Waals surface area (Å²) < 4.78 is 0. The molecule has 1 N–H and O–H groups in total.